The van der Waals surface area contributed by atoms with Crippen LogP contribution in [-0.2, 0) is 28.7 Å². The number of para-hydroxylation sites is 1. The summed E-state index contributed by atoms with van der Waals surface area (Å²) in [4.78, 5) is 59.3. The number of ether oxygens (including phenoxy) is 2. The summed E-state index contributed by atoms with van der Waals surface area (Å²) in [5, 5.41) is 13.8. The normalized spacial score (nSPS) is 25.1. The van der Waals surface area contributed by atoms with Gasteiger partial charge in [0.25, 0.3) is 5.91 Å². The van der Waals surface area contributed by atoms with E-state index < -0.39 is 59.5 Å². The van der Waals surface area contributed by atoms with Crippen LogP contribution in [0, 0.1) is 24.7 Å². The van der Waals surface area contributed by atoms with Crippen LogP contribution in [0.1, 0.15) is 56.8 Å². The molecule has 10 nitrogen and oxygen atoms in total. The molecule has 0 unspecified atom stereocenters. The third-order valence-corrected chi connectivity index (χ3v) is 10.4. The Kier molecular flexibility index (Phi) is 11.3. The van der Waals surface area contributed by atoms with Gasteiger partial charge in [0.1, 0.15) is 17.7 Å². The lowest BCUT2D eigenvalue weighted by Crippen LogP contribution is -2.60. The lowest BCUT2D eigenvalue weighted by atomic mass is 9.70. The van der Waals surface area contributed by atoms with Crippen LogP contribution in [0.25, 0.3) is 0 Å². The molecule has 3 heterocycles. The van der Waals surface area contributed by atoms with Gasteiger partial charge < -0.3 is 29.7 Å². The average Bonchev–Trinajstić information content (AvgIpc) is 3.73. The predicted molar refractivity (Wildman–Crippen MR) is 187 cm³/mol. The van der Waals surface area contributed by atoms with E-state index in [-0.39, 0.29) is 37.9 Å². The first kappa shape index (κ1) is 36.3. The molecule has 3 fully saturated rings. The maximum Gasteiger partial charge on any atom is 0.313 e. The first-order valence-corrected chi connectivity index (χ1v) is 17.3. The Morgan fingerprint density at radius 2 is 1.90 bits per heavy atom. The molecule has 3 aliphatic rings. The van der Waals surface area contributed by atoms with Crippen LogP contribution in [0.3, 0.4) is 0 Å². The van der Waals surface area contributed by atoms with Gasteiger partial charge in [-0.1, -0.05) is 80.1 Å². The summed E-state index contributed by atoms with van der Waals surface area (Å²) < 4.78 is 12.8. The summed E-state index contributed by atoms with van der Waals surface area (Å²) in [5.41, 5.74) is 0.606. The molecule has 2 bridgehead atoms. The van der Waals surface area contributed by atoms with Crippen molar-refractivity contribution in [3.8, 4) is 0 Å². The summed E-state index contributed by atoms with van der Waals surface area (Å²) in [5.74, 6) is -3.93. The van der Waals surface area contributed by atoms with E-state index in [1.807, 2.05) is 57.2 Å². The summed E-state index contributed by atoms with van der Waals surface area (Å²) in [6.07, 6.45) is 3.34. The summed E-state index contributed by atoms with van der Waals surface area (Å²) in [6.45, 7) is 12.9. The van der Waals surface area contributed by atoms with Gasteiger partial charge >= 0.3 is 5.97 Å². The highest BCUT2D eigenvalue weighted by atomic mass is 35.5. The number of fused-ring (bicyclic) bond motifs is 1. The Balaban J connectivity index is 1.52. The molecule has 5 rings (SSSR count). The lowest BCUT2D eigenvalue weighted by molar-refractivity contribution is -0.161. The predicted octanol–water partition coefficient (Wildman–Crippen LogP) is 4.93. The molecule has 0 saturated carbocycles. The minimum atomic E-state index is -1.33. The first-order chi connectivity index (χ1) is 23.5. The largest absolute Gasteiger partial charge is 0.455 e. The van der Waals surface area contributed by atoms with Crippen molar-refractivity contribution >= 4 is 41.0 Å². The maximum atomic E-state index is 14.9. The zero-order chi connectivity index (χ0) is 35.5. The molecule has 0 aromatic heterocycles. The van der Waals surface area contributed by atoms with Crippen molar-refractivity contribution in [3.63, 3.8) is 0 Å². The number of allylic oxidation sites excluding steroid dienone is 1. The molecule has 3 aliphatic heterocycles. The molecule has 3 saturated heterocycles. The van der Waals surface area contributed by atoms with E-state index in [2.05, 4.69) is 18.5 Å². The van der Waals surface area contributed by atoms with E-state index in [1.165, 1.54) is 9.80 Å². The van der Waals surface area contributed by atoms with Gasteiger partial charge in [-0.15, -0.1) is 13.2 Å². The third-order valence-electron chi connectivity index (χ3n) is 10.1. The number of aliphatic hydroxyl groups is 1. The van der Waals surface area contributed by atoms with E-state index in [9.17, 15) is 24.3 Å². The fourth-order valence-electron chi connectivity index (χ4n) is 7.79. The van der Waals surface area contributed by atoms with E-state index in [0.29, 0.717) is 35.5 Å². The van der Waals surface area contributed by atoms with Gasteiger partial charge in [-0.3, -0.25) is 19.2 Å². The molecule has 262 valence electrons. The number of nitrogens with zero attached hydrogens (tertiary/aromatic N) is 2. The topological polar surface area (TPSA) is 125 Å². The zero-order valence-corrected chi connectivity index (χ0v) is 29.1. The molecular formula is C38H46ClN3O7. The third kappa shape index (κ3) is 6.78. The van der Waals surface area contributed by atoms with E-state index >= 15 is 0 Å². The van der Waals surface area contributed by atoms with Crippen LogP contribution in [0.2, 0.25) is 5.02 Å². The fourth-order valence-corrected chi connectivity index (χ4v) is 8.11. The molecular weight excluding hydrogens is 646 g/mol. The number of esters is 1. The number of aliphatic hydroxyl groups excluding tert-OH is 1. The minimum absolute atomic E-state index is 0.0363. The summed E-state index contributed by atoms with van der Waals surface area (Å²) in [6, 6.07) is 12.6. The Morgan fingerprint density at radius 3 is 2.53 bits per heavy atom. The van der Waals surface area contributed by atoms with Gasteiger partial charge in [-0.05, 0) is 49.3 Å². The van der Waals surface area contributed by atoms with Crippen LogP contribution < -0.4 is 10.2 Å². The number of likely N-dealkylation sites (tertiary alicyclic amines) is 1. The molecule has 3 amide bonds. The van der Waals surface area contributed by atoms with Crippen molar-refractivity contribution in [2.24, 2.45) is 17.8 Å². The molecule has 1 spiro atoms. The van der Waals surface area contributed by atoms with Gasteiger partial charge in [0.05, 0.1) is 47.8 Å². The average molecular weight is 692 g/mol. The number of carbonyl (C=O) groups is 4. The van der Waals surface area contributed by atoms with E-state index in [4.69, 9.17) is 21.1 Å². The van der Waals surface area contributed by atoms with Crippen LogP contribution in [0.15, 0.2) is 73.8 Å². The number of halogens is 1. The number of hydrogen-bond acceptors (Lipinski definition) is 7. The molecule has 0 aliphatic carbocycles. The summed E-state index contributed by atoms with van der Waals surface area (Å²) in [7, 11) is 0. The van der Waals surface area contributed by atoms with Crippen molar-refractivity contribution in [3.05, 3.63) is 90.0 Å². The number of benzene rings is 2. The van der Waals surface area contributed by atoms with Crippen molar-refractivity contribution in [2.75, 3.05) is 24.6 Å². The number of rotatable bonds is 15. The Hall–Kier alpha value is -3.99. The molecule has 49 heavy (non-hydrogen) atoms. The molecule has 11 heteroatoms. The summed E-state index contributed by atoms with van der Waals surface area (Å²) >= 11 is 6.67. The number of anilines is 1. The van der Waals surface area contributed by atoms with Gasteiger partial charge in [0.15, 0.2) is 0 Å². The standard InChI is InChI=1S/C38H46ClN3O7/c1-6-8-17-30(44)40-21-29(25-14-10-9-11-15-25)48-37(47)31-28-18-19-38(49-28)32(31)35(45)42(27(22-43)23(3)4)34(38)36(46)41(20-7-2)33-24(5)13-12-16-26(33)39/h6-7,9-16,23,27-29,31-32,34,43H,1-2,8,17-22H2,3-5H3,(H,40,44)/t27-,28+,29-,31-,32-,34+,38-/m0/s1. The second-order valence-corrected chi connectivity index (χ2v) is 13.8. The number of hydrogen-bond donors (Lipinski definition) is 2. The van der Waals surface area contributed by atoms with Crippen LogP contribution in [0.4, 0.5) is 5.69 Å². The highest BCUT2D eigenvalue weighted by molar-refractivity contribution is 6.34. The monoisotopic (exact) mass is 691 g/mol. The van der Waals surface area contributed by atoms with Gasteiger partial charge in [0.2, 0.25) is 11.8 Å². The first-order valence-electron chi connectivity index (χ1n) is 16.9. The SMILES string of the molecule is C=CCCC(=O)NC[C@H](OC(=O)[C@@H]1[C@H]2C(=O)N([C@@H](CO)C(C)C)[C@H](C(=O)N(CC=C)c3c(C)cccc3Cl)[C@]23CC[C@H]1O3)c1ccccc1. The van der Waals surface area contributed by atoms with Crippen LogP contribution in [-0.4, -0.2) is 77.2 Å². The quantitative estimate of drug-likeness (QED) is 0.201. The smallest absolute Gasteiger partial charge is 0.313 e. The number of aryl methyl sites for hydroxylation is 1. The molecule has 2 aromatic rings. The fraction of sp³-hybridized carbons (Fsp3) is 0.474. The second-order valence-electron chi connectivity index (χ2n) is 13.4. The molecule has 2 aromatic carbocycles. The molecule has 0 radical (unpaired) electrons. The van der Waals surface area contributed by atoms with Crippen molar-refractivity contribution < 1.29 is 33.8 Å². The minimum Gasteiger partial charge on any atom is -0.455 e. The Bertz CT molecular complexity index is 1560. The van der Waals surface area contributed by atoms with Gasteiger partial charge in [0, 0.05) is 13.0 Å². The van der Waals surface area contributed by atoms with Crippen molar-refractivity contribution in [1.82, 2.24) is 10.2 Å². The van der Waals surface area contributed by atoms with Crippen LogP contribution >= 0.6 is 11.6 Å². The number of carbonyl (C=O) groups excluding carboxylic acids is 4. The van der Waals surface area contributed by atoms with Crippen molar-refractivity contribution in [2.45, 2.75) is 76.3 Å². The Morgan fingerprint density at radius 1 is 1.16 bits per heavy atom. The zero-order valence-electron chi connectivity index (χ0n) is 28.3. The number of amides is 3. The lowest BCUT2D eigenvalue weighted by Gasteiger charge is -2.40. The number of nitrogens with one attached hydrogen (secondary N) is 1. The Labute approximate surface area is 293 Å². The van der Waals surface area contributed by atoms with Gasteiger partial charge in [-0.2, -0.15) is 0 Å². The highest BCUT2D eigenvalue weighted by Crippen LogP contribution is 2.59. The van der Waals surface area contributed by atoms with E-state index in [0.717, 1.165) is 5.56 Å². The highest BCUT2D eigenvalue weighted by Gasteiger charge is 2.76. The van der Waals surface area contributed by atoms with Crippen molar-refractivity contribution in [1.29, 1.82) is 0 Å². The second kappa shape index (κ2) is 15.3. The molecule has 2 N–H and O–H groups in total. The maximum absolute atomic E-state index is 14.9. The van der Waals surface area contributed by atoms with Crippen LogP contribution in [0.5, 0.6) is 0 Å². The van der Waals surface area contributed by atoms with Gasteiger partial charge in [-0.25, -0.2) is 0 Å². The molecule has 7 atom stereocenters. The van der Waals surface area contributed by atoms with E-state index in [1.54, 1.807) is 24.3 Å².